The zero-order valence-electron chi connectivity index (χ0n) is 16.6. The second kappa shape index (κ2) is 4.92. The molecule has 0 bridgehead atoms. The summed E-state index contributed by atoms with van der Waals surface area (Å²) in [5, 5.41) is 0. The molecule has 5 aliphatic rings. The molecule has 1 aliphatic heterocycles. The predicted octanol–water partition coefficient (Wildman–Crippen LogP) is 4.05. The SMILES string of the molecule is CC(=O)OC1CCC2C3CCC45OC4(C)C(=O)CCC5(C)C3CCC12C. The molecule has 0 aromatic rings. The Kier molecular flexibility index (Phi) is 3.26. The Morgan fingerprint density at radius 2 is 1.81 bits per heavy atom. The summed E-state index contributed by atoms with van der Waals surface area (Å²) >= 11 is 0. The molecule has 1 heterocycles. The van der Waals surface area contributed by atoms with Crippen LogP contribution in [0.25, 0.3) is 0 Å². The van der Waals surface area contributed by atoms with Gasteiger partial charge in [0.15, 0.2) is 11.4 Å². The van der Waals surface area contributed by atoms with E-state index in [0.29, 0.717) is 30.0 Å². The third kappa shape index (κ3) is 1.76. The van der Waals surface area contributed by atoms with Crippen LogP contribution in [-0.4, -0.2) is 29.1 Å². The van der Waals surface area contributed by atoms with Crippen LogP contribution in [0.1, 0.15) is 79.1 Å². The normalized spacial score (nSPS) is 57.5. The summed E-state index contributed by atoms with van der Waals surface area (Å²) in [5.41, 5.74) is -0.453. The van der Waals surface area contributed by atoms with Crippen molar-refractivity contribution in [1.82, 2.24) is 0 Å². The summed E-state index contributed by atoms with van der Waals surface area (Å²) in [5.74, 6) is 2.15. The van der Waals surface area contributed by atoms with Crippen LogP contribution < -0.4 is 0 Å². The Morgan fingerprint density at radius 1 is 1.04 bits per heavy atom. The zero-order chi connectivity index (χ0) is 18.5. The van der Waals surface area contributed by atoms with Gasteiger partial charge in [-0.05, 0) is 69.6 Å². The number of hydrogen-bond donors (Lipinski definition) is 0. The van der Waals surface area contributed by atoms with Gasteiger partial charge in [0.1, 0.15) is 11.7 Å². The van der Waals surface area contributed by atoms with Crippen molar-refractivity contribution in [3.63, 3.8) is 0 Å². The average Bonchev–Trinajstić information content (AvgIpc) is 3.09. The Balaban J connectivity index is 1.46. The smallest absolute Gasteiger partial charge is 0.302 e. The minimum Gasteiger partial charge on any atom is -0.462 e. The van der Waals surface area contributed by atoms with Crippen molar-refractivity contribution >= 4 is 11.8 Å². The first-order valence-electron chi connectivity index (χ1n) is 10.6. The predicted molar refractivity (Wildman–Crippen MR) is 96.4 cm³/mol. The van der Waals surface area contributed by atoms with Crippen molar-refractivity contribution in [2.24, 2.45) is 28.6 Å². The van der Waals surface area contributed by atoms with Crippen molar-refractivity contribution in [2.45, 2.75) is 96.4 Å². The van der Waals surface area contributed by atoms with Gasteiger partial charge in [-0.2, -0.15) is 0 Å². The summed E-state index contributed by atoms with van der Waals surface area (Å²) in [7, 11) is 0. The number of ketones is 1. The molecule has 4 heteroatoms. The molecule has 1 spiro atoms. The number of epoxide rings is 1. The number of fused-ring (bicyclic) bond motifs is 4. The van der Waals surface area contributed by atoms with Crippen LogP contribution in [0.15, 0.2) is 0 Å². The van der Waals surface area contributed by atoms with Crippen molar-refractivity contribution < 1.29 is 19.1 Å². The molecule has 144 valence electrons. The van der Waals surface area contributed by atoms with E-state index in [9.17, 15) is 9.59 Å². The highest BCUT2D eigenvalue weighted by molar-refractivity contribution is 5.93. The lowest BCUT2D eigenvalue weighted by molar-refractivity contribution is -0.161. The first-order chi connectivity index (χ1) is 12.2. The summed E-state index contributed by atoms with van der Waals surface area (Å²) in [6.07, 6.45) is 8.44. The van der Waals surface area contributed by atoms with Gasteiger partial charge in [-0.3, -0.25) is 9.59 Å². The van der Waals surface area contributed by atoms with E-state index in [4.69, 9.17) is 9.47 Å². The second-order valence-corrected chi connectivity index (χ2v) is 10.4. The lowest BCUT2D eigenvalue weighted by Crippen LogP contribution is -2.60. The van der Waals surface area contributed by atoms with Gasteiger partial charge < -0.3 is 9.47 Å². The van der Waals surface area contributed by atoms with Gasteiger partial charge in [0, 0.05) is 24.2 Å². The standard InChI is InChI=1S/C22H32O4/c1-13(23)25-18-6-5-15-14-7-12-22-20(3,16(14)8-10-19(15,18)2)11-9-17(24)21(22,4)26-22/h14-16,18H,5-12H2,1-4H3. The van der Waals surface area contributed by atoms with Gasteiger partial charge >= 0.3 is 5.97 Å². The summed E-state index contributed by atoms with van der Waals surface area (Å²) in [6.45, 7) is 8.37. The highest BCUT2D eigenvalue weighted by atomic mass is 16.6. The molecular formula is C22H32O4. The molecule has 4 saturated carbocycles. The summed E-state index contributed by atoms with van der Waals surface area (Å²) in [4.78, 5) is 24.1. The third-order valence-corrected chi connectivity index (χ3v) is 9.74. The number of hydrogen-bond acceptors (Lipinski definition) is 4. The number of carbonyl (C=O) groups is 2. The summed E-state index contributed by atoms with van der Waals surface area (Å²) in [6, 6.07) is 0. The number of Topliss-reactive ketones (excluding diaryl/α,β-unsaturated/α-hetero) is 1. The number of carbonyl (C=O) groups excluding carboxylic acids is 2. The quantitative estimate of drug-likeness (QED) is 0.523. The van der Waals surface area contributed by atoms with E-state index in [1.165, 1.54) is 19.8 Å². The molecule has 5 rings (SSSR count). The minimum absolute atomic E-state index is 0.0880. The molecule has 1 saturated heterocycles. The van der Waals surface area contributed by atoms with Crippen molar-refractivity contribution in [1.29, 1.82) is 0 Å². The van der Waals surface area contributed by atoms with Crippen molar-refractivity contribution in [3.05, 3.63) is 0 Å². The lowest BCUT2D eigenvalue weighted by Gasteiger charge is -2.59. The molecule has 0 radical (unpaired) electrons. The molecule has 26 heavy (non-hydrogen) atoms. The van der Waals surface area contributed by atoms with E-state index in [1.54, 1.807) is 0 Å². The van der Waals surface area contributed by atoms with Crippen LogP contribution in [0.2, 0.25) is 0 Å². The molecule has 0 aromatic carbocycles. The zero-order valence-corrected chi connectivity index (χ0v) is 16.6. The molecule has 0 amide bonds. The largest absolute Gasteiger partial charge is 0.462 e. The van der Waals surface area contributed by atoms with Gasteiger partial charge in [-0.15, -0.1) is 0 Å². The van der Waals surface area contributed by atoms with Crippen LogP contribution in [0.4, 0.5) is 0 Å². The fraction of sp³-hybridized carbons (Fsp3) is 0.909. The maximum Gasteiger partial charge on any atom is 0.302 e. The topological polar surface area (TPSA) is 55.9 Å². The van der Waals surface area contributed by atoms with Crippen LogP contribution in [-0.2, 0) is 19.1 Å². The van der Waals surface area contributed by atoms with E-state index < -0.39 is 5.60 Å². The Morgan fingerprint density at radius 3 is 2.54 bits per heavy atom. The van der Waals surface area contributed by atoms with Gasteiger partial charge in [0.2, 0.25) is 0 Å². The molecule has 0 N–H and O–H groups in total. The molecule has 0 aromatic heterocycles. The maximum atomic E-state index is 12.5. The molecule has 5 fully saturated rings. The molecule has 4 nitrogen and oxygen atoms in total. The Labute approximate surface area is 156 Å². The number of esters is 1. The highest BCUT2D eigenvalue weighted by Crippen LogP contribution is 2.75. The van der Waals surface area contributed by atoms with Crippen LogP contribution in [0.5, 0.6) is 0 Å². The van der Waals surface area contributed by atoms with E-state index in [0.717, 1.165) is 32.1 Å². The summed E-state index contributed by atoms with van der Waals surface area (Å²) < 4.78 is 12.1. The van der Waals surface area contributed by atoms with Crippen molar-refractivity contribution in [2.75, 3.05) is 0 Å². The molecule has 4 aliphatic carbocycles. The minimum atomic E-state index is -0.512. The maximum absolute atomic E-state index is 12.5. The van der Waals surface area contributed by atoms with Gasteiger partial charge in [0.05, 0.1) is 0 Å². The molecular weight excluding hydrogens is 328 g/mol. The molecule has 8 unspecified atom stereocenters. The monoisotopic (exact) mass is 360 g/mol. The highest BCUT2D eigenvalue weighted by Gasteiger charge is 2.82. The van der Waals surface area contributed by atoms with Gasteiger partial charge in [-0.25, -0.2) is 0 Å². The number of rotatable bonds is 1. The second-order valence-electron chi connectivity index (χ2n) is 10.4. The molecule has 8 atom stereocenters. The van der Waals surface area contributed by atoms with E-state index >= 15 is 0 Å². The van der Waals surface area contributed by atoms with Crippen LogP contribution >= 0.6 is 0 Å². The first-order valence-corrected chi connectivity index (χ1v) is 10.6. The Hall–Kier alpha value is -0.900. The number of ether oxygens (including phenoxy) is 2. The third-order valence-electron chi connectivity index (χ3n) is 9.74. The van der Waals surface area contributed by atoms with E-state index in [2.05, 4.69) is 13.8 Å². The van der Waals surface area contributed by atoms with E-state index in [-0.39, 0.29) is 28.5 Å². The Bertz CT molecular complexity index is 688. The fourth-order valence-corrected chi connectivity index (χ4v) is 8.34. The van der Waals surface area contributed by atoms with Crippen LogP contribution in [0.3, 0.4) is 0 Å². The first kappa shape index (κ1) is 17.2. The average molecular weight is 360 g/mol. The fourth-order valence-electron chi connectivity index (χ4n) is 8.34. The van der Waals surface area contributed by atoms with Crippen molar-refractivity contribution in [3.8, 4) is 0 Å². The lowest BCUT2D eigenvalue weighted by atomic mass is 9.43. The van der Waals surface area contributed by atoms with Gasteiger partial charge in [-0.1, -0.05) is 13.8 Å². The van der Waals surface area contributed by atoms with Gasteiger partial charge in [0.25, 0.3) is 0 Å². The van der Waals surface area contributed by atoms with E-state index in [1.807, 2.05) is 6.92 Å². The van der Waals surface area contributed by atoms with Crippen LogP contribution in [0, 0.1) is 28.6 Å².